The van der Waals surface area contributed by atoms with Gasteiger partial charge < -0.3 is 5.21 Å². The van der Waals surface area contributed by atoms with Gasteiger partial charge in [-0.15, -0.1) is 11.6 Å². The molecule has 1 heterocycles. The minimum absolute atomic E-state index is 0.0267. The summed E-state index contributed by atoms with van der Waals surface area (Å²) in [5.74, 6) is 0. The molecule has 1 aromatic rings. The third-order valence-electron chi connectivity index (χ3n) is 1.29. The molecule has 0 fully saturated rings. The van der Waals surface area contributed by atoms with Crippen LogP contribution in [-0.4, -0.2) is 0 Å². The molecule has 1 aromatic heterocycles. The zero-order valence-electron chi connectivity index (χ0n) is 5.62. The van der Waals surface area contributed by atoms with Crippen molar-refractivity contribution in [3.8, 4) is 0 Å². The van der Waals surface area contributed by atoms with Crippen molar-refractivity contribution in [3.05, 3.63) is 35.3 Å². The Labute approximate surface area is 64.6 Å². The van der Waals surface area contributed by atoms with Crippen molar-refractivity contribution in [1.29, 1.82) is 0 Å². The van der Waals surface area contributed by atoms with Crippen LogP contribution in [0.2, 0.25) is 0 Å². The summed E-state index contributed by atoms with van der Waals surface area (Å²) in [7, 11) is 0. The number of rotatable bonds is 1. The fourth-order valence-corrected chi connectivity index (χ4v) is 0.835. The summed E-state index contributed by atoms with van der Waals surface area (Å²) in [6.45, 7) is 1.87. The molecule has 0 unspecified atom stereocenters. The number of hydrogen-bond acceptors (Lipinski definition) is 1. The molecule has 0 amide bonds. The van der Waals surface area contributed by atoms with Gasteiger partial charge in [-0.1, -0.05) is 0 Å². The largest absolute Gasteiger partial charge is 0.619 e. The van der Waals surface area contributed by atoms with Gasteiger partial charge in [-0.25, -0.2) is 0 Å². The zero-order chi connectivity index (χ0) is 7.56. The quantitative estimate of drug-likeness (QED) is 0.346. The summed E-state index contributed by atoms with van der Waals surface area (Å²) < 4.78 is 0.739. The second kappa shape index (κ2) is 2.88. The van der Waals surface area contributed by atoms with E-state index in [1.807, 2.05) is 6.92 Å². The molecule has 10 heavy (non-hydrogen) atoms. The molecular weight excluding hydrogens is 150 g/mol. The van der Waals surface area contributed by atoms with Crippen LogP contribution in [-0.2, 0) is 0 Å². The van der Waals surface area contributed by atoms with Gasteiger partial charge >= 0.3 is 0 Å². The van der Waals surface area contributed by atoms with E-state index in [-0.39, 0.29) is 5.38 Å². The maximum Gasteiger partial charge on any atom is 0.180 e. The van der Waals surface area contributed by atoms with Gasteiger partial charge in [0.15, 0.2) is 12.4 Å². The van der Waals surface area contributed by atoms with Crippen LogP contribution in [0.15, 0.2) is 24.5 Å². The van der Waals surface area contributed by atoms with E-state index in [1.165, 1.54) is 12.4 Å². The predicted octanol–water partition coefficient (Wildman–Crippen LogP) is 1.62. The minimum Gasteiger partial charge on any atom is -0.619 e. The lowest BCUT2D eigenvalue weighted by Gasteiger charge is -2.00. The van der Waals surface area contributed by atoms with Crippen molar-refractivity contribution in [1.82, 2.24) is 0 Å². The number of halogens is 1. The predicted molar refractivity (Wildman–Crippen MR) is 39.7 cm³/mol. The fourth-order valence-electron chi connectivity index (χ4n) is 0.689. The molecule has 0 bridgehead atoms. The maximum atomic E-state index is 10.5. The fraction of sp³-hybridized carbons (Fsp3) is 0.286. The lowest BCUT2D eigenvalue weighted by atomic mass is 10.2. The molecule has 2 nitrogen and oxygen atoms in total. The average molecular weight is 158 g/mol. The van der Waals surface area contributed by atoms with E-state index in [9.17, 15) is 5.21 Å². The van der Waals surface area contributed by atoms with Gasteiger partial charge in [-0.3, -0.25) is 0 Å². The van der Waals surface area contributed by atoms with Crippen molar-refractivity contribution >= 4 is 11.6 Å². The van der Waals surface area contributed by atoms with Crippen molar-refractivity contribution in [2.24, 2.45) is 0 Å². The van der Waals surface area contributed by atoms with E-state index in [0.717, 1.165) is 10.3 Å². The highest BCUT2D eigenvalue weighted by Crippen LogP contribution is 2.16. The standard InChI is InChI=1S/C7H8ClNO/c1-6(8)7-2-4-9(10)5-3-7/h2-6H,1H3/t6-/m1/s1. The zero-order valence-corrected chi connectivity index (χ0v) is 6.38. The Kier molecular flexibility index (Phi) is 2.12. The van der Waals surface area contributed by atoms with Crippen molar-refractivity contribution < 1.29 is 4.73 Å². The number of hydrogen-bond donors (Lipinski definition) is 0. The lowest BCUT2D eigenvalue weighted by Crippen LogP contribution is -2.23. The summed E-state index contributed by atoms with van der Waals surface area (Å²) in [5.41, 5.74) is 0.966. The molecule has 0 saturated heterocycles. The van der Waals surface area contributed by atoms with Gasteiger partial charge in [-0.2, -0.15) is 4.73 Å². The van der Waals surface area contributed by atoms with Gasteiger partial charge in [0.05, 0.1) is 5.38 Å². The summed E-state index contributed by atoms with van der Waals surface area (Å²) in [4.78, 5) is 0. The molecule has 0 aliphatic rings. The molecule has 0 aliphatic carbocycles. The Hall–Kier alpha value is -0.760. The molecule has 1 rings (SSSR count). The first-order valence-corrected chi connectivity index (χ1v) is 3.46. The molecule has 0 aromatic carbocycles. The average Bonchev–Trinajstić information content (AvgIpc) is 1.88. The highest BCUT2D eigenvalue weighted by atomic mass is 35.5. The Morgan fingerprint density at radius 3 is 2.40 bits per heavy atom. The maximum absolute atomic E-state index is 10.5. The van der Waals surface area contributed by atoms with Gasteiger partial charge in [-0.05, 0) is 12.5 Å². The Balaban J connectivity index is 2.89. The summed E-state index contributed by atoms with van der Waals surface area (Å²) in [6.07, 6.45) is 2.88. The van der Waals surface area contributed by atoms with Crippen LogP contribution in [0.5, 0.6) is 0 Å². The molecule has 0 saturated carbocycles. The molecule has 0 radical (unpaired) electrons. The lowest BCUT2D eigenvalue weighted by molar-refractivity contribution is -0.605. The minimum atomic E-state index is -0.0267. The Morgan fingerprint density at radius 2 is 2.00 bits per heavy atom. The van der Waals surface area contributed by atoms with Crippen LogP contribution in [0, 0.1) is 5.21 Å². The first-order chi connectivity index (χ1) is 4.70. The molecular formula is C7H8ClNO. The third kappa shape index (κ3) is 1.61. The van der Waals surface area contributed by atoms with Crippen LogP contribution < -0.4 is 4.73 Å². The van der Waals surface area contributed by atoms with Crippen molar-refractivity contribution in [3.63, 3.8) is 0 Å². The van der Waals surface area contributed by atoms with E-state index in [0.29, 0.717) is 0 Å². The van der Waals surface area contributed by atoms with Crippen LogP contribution in [0.25, 0.3) is 0 Å². The number of pyridine rings is 1. The van der Waals surface area contributed by atoms with Gasteiger partial charge in [0.2, 0.25) is 0 Å². The number of nitrogens with zero attached hydrogens (tertiary/aromatic N) is 1. The van der Waals surface area contributed by atoms with E-state index < -0.39 is 0 Å². The first kappa shape index (κ1) is 7.35. The smallest absolute Gasteiger partial charge is 0.180 e. The van der Waals surface area contributed by atoms with E-state index >= 15 is 0 Å². The second-order valence-corrected chi connectivity index (χ2v) is 2.76. The second-order valence-electron chi connectivity index (χ2n) is 2.11. The number of aromatic nitrogens is 1. The molecule has 0 N–H and O–H groups in total. The van der Waals surface area contributed by atoms with Crippen LogP contribution in [0.4, 0.5) is 0 Å². The van der Waals surface area contributed by atoms with Crippen LogP contribution in [0.3, 0.4) is 0 Å². The van der Waals surface area contributed by atoms with Gasteiger partial charge in [0, 0.05) is 12.1 Å². The number of alkyl halides is 1. The summed E-state index contributed by atoms with van der Waals surface area (Å²) >= 11 is 5.74. The van der Waals surface area contributed by atoms with Gasteiger partial charge in [0.1, 0.15) is 0 Å². The molecule has 54 valence electrons. The molecule has 1 atom stereocenters. The highest BCUT2D eigenvalue weighted by Gasteiger charge is 2.00. The first-order valence-electron chi connectivity index (χ1n) is 3.03. The summed E-state index contributed by atoms with van der Waals surface area (Å²) in [6, 6.07) is 3.43. The Bertz CT molecular complexity index is 207. The van der Waals surface area contributed by atoms with E-state index in [1.54, 1.807) is 12.1 Å². The SMILES string of the molecule is C[C@@H](Cl)c1cc[n+]([O-])cc1. The normalized spacial score (nSPS) is 13.0. The van der Waals surface area contributed by atoms with E-state index in [4.69, 9.17) is 11.6 Å². The van der Waals surface area contributed by atoms with E-state index in [2.05, 4.69) is 0 Å². The third-order valence-corrected chi connectivity index (χ3v) is 1.54. The van der Waals surface area contributed by atoms with Crippen LogP contribution in [0.1, 0.15) is 17.9 Å². The topological polar surface area (TPSA) is 26.9 Å². The molecule has 3 heteroatoms. The Morgan fingerprint density at radius 1 is 1.50 bits per heavy atom. The molecule has 0 aliphatic heterocycles. The highest BCUT2D eigenvalue weighted by molar-refractivity contribution is 6.20. The monoisotopic (exact) mass is 157 g/mol. The molecule has 0 spiro atoms. The van der Waals surface area contributed by atoms with Gasteiger partial charge in [0.25, 0.3) is 0 Å². The van der Waals surface area contributed by atoms with Crippen molar-refractivity contribution in [2.45, 2.75) is 12.3 Å². The van der Waals surface area contributed by atoms with Crippen LogP contribution >= 0.6 is 11.6 Å². The summed E-state index contributed by atoms with van der Waals surface area (Å²) in [5, 5.41) is 10.5. The van der Waals surface area contributed by atoms with Crippen molar-refractivity contribution in [2.75, 3.05) is 0 Å².